The van der Waals surface area contributed by atoms with Crippen LogP contribution in [0.3, 0.4) is 0 Å². The summed E-state index contributed by atoms with van der Waals surface area (Å²) in [6, 6.07) is 3.98. The van der Waals surface area contributed by atoms with Crippen LogP contribution in [0.4, 0.5) is 5.82 Å². The number of nitrogens with one attached hydrogen (secondary N) is 1. The molecule has 7 nitrogen and oxygen atoms in total. The molecule has 152 valence electrons. The lowest BCUT2D eigenvalue weighted by molar-refractivity contribution is -0.121. The standard InChI is InChI=1S/C22H21ClN6O/c1-11-20(17-10-26-25-9-16(17)13-3-4-13)27-28-21(11)29-18-7-14(18)15(22(29)30)6-12-2-5-19(23)24-8-12/h2,5,8-10,13-15,18H,3-4,6-7H2,1H3,(H,27,28)/t14-,15+,18-/m0/s1. The first-order valence-corrected chi connectivity index (χ1v) is 10.8. The SMILES string of the molecule is Cc1c(N2C(=O)[C@H](Cc3ccc(Cl)nc3)[C@@H]3C[C@@H]32)n[nH]c1-c1cnncc1C1CC1. The van der Waals surface area contributed by atoms with Crippen molar-refractivity contribution in [1.82, 2.24) is 25.4 Å². The van der Waals surface area contributed by atoms with E-state index in [1.807, 2.05) is 24.1 Å². The average Bonchev–Trinajstić information content (AvgIpc) is 3.67. The number of amides is 1. The molecular formula is C22H21ClN6O. The summed E-state index contributed by atoms with van der Waals surface area (Å²) in [4.78, 5) is 19.4. The van der Waals surface area contributed by atoms with E-state index in [4.69, 9.17) is 11.6 Å². The zero-order chi connectivity index (χ0) is 20.4. The molecule has 3 aliphatic rings. The monoisotopic (exact) mass is 420 g/mol. The smallest absolute Gasteiger partial charge is 0.232 e. The van der Waals surface area contributed by atoms with Crippen molar-refractivity contribution >= 4 is 23.3 Å². The van der Waals surface area contributed by atoms with Crippen molar-refractivity contribution in [3.05, 3.63) is 52.6 Å². The maximum atomic E-state index is 13.3. The summed E-state index contributed by atoms with van der Waals surface area (Å²) in [6.45, 7) is 2.03. The van der Waals surface area contributed by atoms with Gasteiger partial charge >= 0.3 is 0 Å². The molecule has 0 radical (unpaired) electrons. The van der Waals surface area contributed by atoms with Crippen LogP contribution in [-0.4, -0.2) is 37.3 Å². The molecule has 3 fully saturated rings. The third kappa shape index (κ3) is 2.83. The molecule has 1 amide bonds. The zero-order valence-electron chi connectivity index (χ0n) is 16.5. The maximum absolute atomic E-state index is 13.3. The summed E-state index contributed by atoms with van der Waals surface area (Å²) >= 11 is 5.90. The van der Waals surface area contributed by atoms with Crippen LogP contribution >= 0.6 is 11.6 Å². The van der Waals surface area contributed by atoms with Gasteiger partial charge in [0, 0.05) is 29.3 Å². The molecular weight excluding hydrogens is 400 g/mol. The van der Waals surface area contributed by atoms with Crippen molar-refractivity contribution in [3.63, 3.8) is 0 Å². The van der Waals surface area contributed by atoms with E-state index in [9.17, 15) is 4.79 Å². The van der Waals surface area contributed by atoms with E-state index >= 15 is 0 Å². The molecule has 0 spiro atoms. The normalized spacial score (nSPS) is 24.9. The highest BCUT2D eigenvalue weighted by atomic mass is 35.5. The van der Waals surface area contributed by atoms with Crippen LogP contribution in [-0.2, 0) is 11.2 Å². The minimum absolute atomic E-state index is 0.0258. The molecule has 3 aromatic heterocycles. The zero-order valence-corrected chi connectivity index (χ0v) is 17.3. The van der Waals surface area contributed by atoms with E-state index in [1.165, 1.54) is 18.4 Å². The number of anilines is 1. The highest BCUT2D eigenvalue weighted by Crippen LogP contribution is 2.52. The highest BCUT2D eigenvalue weighted by Gasteiger charge is 2.59. The van der Waals surface area contributed by atoms with Gasteiger partial charge in [0.2, 0.25) is 5.91 Å². The fourth-order valence-corrected chi connectivity index (χ4v) is 4.99. The number of aromatic amines is 1. The average molecular weight is 421 g/mol. The number of hydrogen-bond acceptors (Lipinski definition) is 5. The summed E-state index contributed by atoms with van der Waals surface area (Å²) in [5.41, 5.74) is 5.25. The summed E-state index contributed by atoms with van der Waals surface area (Å²) in [6.07, 6.45) is 9.54. The van der Waals surface area contributed by atoms with Gasteiger partial charge in [0.25, 0.3) is 0 Å². The van der Waals surface area contributed by atoms with E-state index in [0.717, 1.165) is 34.6 Å². The van der Waals surface area contributed by atoms with Gasteiger partial charge in [-0.1, -0.05) is 17.7 Å². The molecule has 1 saturated heterocycles. The van der Waals surface area contributed by atoms with Gasteiger partial charge in [-0.15, -0.1) is 0 Å². The van der Waals surface area contributed by atoms with Gasteiger partial charge < -0.3 is 0 Å². The van der Waals surface area contributed by atoms with Crippen LogP contribution in [0.2, 0.25) is 5.15 Å². The van der Waals surface area contributed by atoms with Crippen LogP contribution in [0.1, 0.15) is 41.9 Å². The molecule has 4 heterocycles. The number of hydrogen-bond donors (Lipinski definition) is 1. The van der Waals surface area contributed by atoms with E-state index in [0.29, 0.717) is 23.4 Å². The Morgan fingerprint density at radius 2 is 2.03 bits per heavy atom. The van der Waals surface area contributed by atoms with Crippen molar-refractivity contribution in [1.29, 1.82) is 0 Å². The second-order valence-corrected chi connectivity index (χ2v) is 9.04. The van der Waals surface area contributed by atoms with Crippen LogP contribution in [0, 0.1) is 18.8 Å². The van der Waals surface area contributed by atoms with Crippen molar-refractivity contribution in [2.75, 3.05) is 4.90 Å². The van der Waals surface area contributed by atoms with Gasteiger partial charge in [0.1, 0.15) is 5.15 Å². The number of carbonyl (C=O) groups is 1. The molecule has 1 aliphatic heterocycles. The lowest BCUT2D eigenvalue weighted by Gasteiger charge is -2.19. The molecule has 8 heteroatoms. The van der Waals surface area contributed by atoms with Crippen LogP contribution in [0.15, 0.2) is 30.7 Å². The fourth-order valence-electron chi connectivity index (χ4n) is 4.88. The van der Waals surface area contributed by atoms with Crippen LogP contribution in [0.25, 0.3) is 11.3 Å². The molecule has 30 heavy (non-hydrogen) atoms. The van der Waals surface area contributed by atoms with Gasteiger partial charge in [-0.05, 0) is 61.6 Å². The Morgan fingerprint density at radius 1 is 1.20 bits per heavy atom. The number of fused-ring (bicyclic) bond motifs is 1. The molecule has 6 rings (SSSR count). The Balaban J connectivity index is 1.30. The van der Waals surface area contributed by atoms with Gasteiger partial charge in [0.05, 0.1) is 18.1 Å². The molecule has 1 N–H and O–H groups in total. The highest BCUT2D eigenvalue weighted by molar-refractivity contribution is 6.29. The third-order valence-corrected chi connectivity index (χ3v) is 6.94. The summed E-state index contributed by atoms with van der Waals surface area (Å²) < 4.78 is 0. The first kappa shape index (κ1) is 18.0. The second-order valence-electron chi connectivity index (χ2n) is 8.65. The second kappa shape index (κ2) is 6.60. The fraction of sp³-hybridized carbons (Fsp3) is 0.409. The first-order chi connectivity index (χ1) is 14.6. The summed E-state index contributed by atoms with van der Waals surface area (Å²) in [5, 5.41) is 16.4. The number of rotatable bonds is 5. The Labute approximate surface area is 178 Å². The van der Waals surface area contributed by atoms with Gasteiger partial charge in [0.15, 0.2) is 5.82 Å². The minimum Gasteiger partial charge on any atom is -0.291 e. The molecule has 0 unspecified atom stereocenters. The van der Waals surface area contributed by atoms with Crippen molar-refractivity contribution in [2.45, 2.75) is 44.6 Å². The molecule has 3 aromatic rings. The molecule has 0 bridgehead atoms. The predicted molar refractivity (Wildman–Crippen MR) is 112 cm³/mol. The van der Waals surface area contributed by atoms with Crippen molar-refractivity contribution < 1.29 is 4.79 Å². The molecule has 2 saturated carbocycles. The van der Waals surface area contributed by atoms with E-state index in [-0.39, 0.29) is 17.9 Å². The first-order valence-electron chi connectivity index (χ1n) is 10.4. The number of aromatic nitrogens is 5. The number of pyridine rings is 1. The molecule has 2 aliphatic carbocycles. The Kier molecular flexibility index (Phi) is 3.96. The lowest BCUT2D eigenvalue weighted by Crippen LogP contribution is -2.33. The van der Waals surface area contributed by atoms with Gasteiger partial charge in [-0.25, -0.2) is 4.98 Å². The van der Waals surface area contributed by atoms with Crippen LogP contribution in [0.5, 0.6) is 0 Å². The predicted octanol–water partition coefficient (Wildman–Crippen LogP) is 3.69. The van der Waals surface area contributed by atoms with Crippen LogP contribution < -0.4 is 4.90 Å². The Bertz CT molecular complexity index is 1140. The van der Waals surface area contributed by atoms with Crippen molar-refractivity contribution in [2.24, 2.45) is 11.8 Å². The number of halogens is 1. The maximum Gasteiger partial charge on any atom is 0.232 e. The van der Waals surface area contributed by atoms with Gasteiger partial charge in [-0.3, -0.25) is 14.8 Å². The summed E-state index contributed by atoms with van der Waals surface area (Å²) in [5.74, 6) is 1.82. The Morgan fingerprint density at radius 3 is 2.80 bits per heavy atom. The van der Waals surface area contributed by atoms with E-state index in [2.05, 4.69) is 25.4 Å². The number of H-pyrrole nitrogens is 1. The molecule has 0 aromatic carbocycles. The van der Waals surface area contributed by atoms with Crippen molar-refractivity contribution in [3.8, 4) is 11.3 Å². The Hall–Kier alpha value is -2.80. The minimum atomic E-state index is -0.0258. The topological polar surface area (TPSA) is 87.7 Å². The van der Waals surface area contributed by atoms with E-state index in [1.54, 1.807) is 18.5 Å². The third-order valence-electron chi connectivity index (χ3n) is 6.71. The number of piperidine rings is 1. The summed E-state index contributed by atoms with van der Waals surface area (Å²) in [7, 11) is 0. The van der Waals surface area contributed by atoms with Gasteiger partial charge in [-0.2, -0.15) is 15.3 Å². The van der Waals surface area contributed by atoms with E-state index < -0.39 is 0 Å². The number of carbonyl (C=O) groups excluding carboxylic acids is 1. The largest absolute Gasteiger partial charge is 0.291 e. The molecule has 3 atom stereocenters. The quantitative estimate of drug-likeness (QED) is 0.636. The number of nitrogens with zero attached hydrogens (tertiary/aromatic N) is 5. The lowest BCUT2D eigenvalue weighted by atomic mass is 9.96.